The van der Waals surface area contributed by atoms with E-state index in [-0.39, 0.29) is 5.91 Å². The molecule has 0 aliphatic heterocycles. The van der Waals surface area contributed by atoms with Crippen LogP contribution in [0.2, 0.25) is 5.02 Å². The summed E-state index contributed by atoms with van der Waals surface area (Å²) in [6.07, 6.45) is 1.75. The average molecular weight is 343 g/mol. The second-order valence-corrected chi connectivity index (χ2v) is 5.56. The zero-order valence-electron chi connectivity index (χ0n) is 12.9. The molecule has 0 bridgehead atoms. The number of nitrogens with one attached hydrogen (secondary N) is 1. The van der Waals surface area contributed by atoms with Crippen LogP contribution in [0.5, 0.6) is 11.5 Å². The molecule has 0 radical (unpaired) electrons. The van der Waals surface area contributed by atoms with Crippen molar-refractivity contribution in [3.63, 3.8) is 0 Å². The van der Waals surface area contributed by atoms with Gasteiger partial charge in [-0.15, -0.1) is 0 Å². The van der Waals surface area contributed by atoms with Crippen LogP contribution >= 0.6 is 11.6 Å². The highest BCUT2D eigenvalue weighted by molar-refractivity contribution is 6.32. The first-order valence-corrected chi connectivity index (χ1v) is 7.53. The van der Waals surface area contributed by atoms with Gasteiger partial charge in [0.25, 0.3) is 5.91 Å². The molecular weight excluding hydrogens is 328 g/mol. The molecule has 0 spiro atoms. The Bertz CT molecular complexity index is 892. The summed E-state index contributed by atoms with van der Waals surface area (Å²) in [5.74, 6) is 1.17. The number of nitrogen functional groups attached to an aromatic ring is 1. The SMILES string of the molecule is Cn1ccc(NC(=O)c2cccc(Oc3ccc(N)cc3Cl)c2)n1. The van der Waals surface area contributed by atoms with Crippen LogP contribution in [-0.4, -0.2) is 15.7 Å². The smallest absolute Gasteiger partial charge is 0.256 e. The molecule has 0 atom stereocenters. The number of rotatable bonds is 4. The molecular formula is C17H15ClN4O2. The average Bonchev–Trinajstić information content (AvgIpc) is 2.95. The van der Waals surface area contributed by atoms with E-state index in [1.165, 1.54) is 0 Å². The predicted molar refractivity (Wildman–Crippen MR) is 93.5 cm³/mol. The number of halogens is 1. The first-order chi connectivity index (χ1) is 11.5. The third kappa shape index (κ3) is 3.67. The monoisotopic (exact) mass is 342 g/mol. The van der Waals surface area contributed by atoms with Gasteiger partial charge in [0.2, 0.25) is 0 Å². The fourth-order valence-corrected chi connectivity index (χ4v) is 2.33. The molecule has 7 heteroatoms. The minimum atomic E-state index is -0.275. The Morgan fingerprint density at radius 1 is 1.25 bits per heavy atom. The van der Waals surface area contributed by atoms with Gasteiger partial charge in [0, 0.05) is 30.6 Å². The number of amides is 1. The molecule has 0 saturated carbocycles. The molecule has 1 heterocycles. The van der Waals surface area contributed by atoms with Crippen molar-refractivity contribution in [2.45, 2.75) is 0 Å². The number of hydrogen-bond donors (Lipinski definition) is 2. The molecule has 122 valence electrons. The van der Waals surface area contributed by atoms with Crippen LogP contribution in [0.15, 0.2) is 54.7 Å². The summed E-state index contributed by atoms with van der Waals surface area (Å²) in [5, 5.41) is 7.23. The van der Waals surface area contributed by atoms with Gasteiger partial charge in [0.15, 0.2) is 5.82 Å². The third-order valence-electron chi connectivity index (χ3n) is 3.24. The number of benzene rings is 2. The van der Waals surface area contributed by atoms with Gasteiger partial charge < -0.3 is 15.8 Å². The second kappa shape index (κ2) is 6.64. The van der Waals surface area contributed by atoms with Crippen molar-refractivity contribution in [2.24, 2.45) is 7.05 Å². The fourth-order valence-electron chi connectivity index (χ4n) is 2.10. The summed E-state index contributed by atoms with van der Waals surface area (Å²) in [4.78, 5) is 12.3. The Balaban J connectivity index is 1.77. The number of ether oxygens (including phenoxy) is 1. The van der Waals surface area contributed by atoms with E-state index in [0.29, 0.717) is 33.6 Å². The highest BCUT2D eigenvalue weighted by atomic mass is 35.5. The molecule has 3 N–H and O–H groups in total. The fraction of sp³-hybridized carbons (Fsp3) is 0.0588. The molecule has 6 nitrogen and oxygen atoms in total. The van der Waals surface area contributed by atoms with Crippen LogP contribution in [0.1, 0.15) is 10.4 Å². The van der Waals surface area contributed by atoms with E-state index in [2.05, 4.69) is 10.4 Å². The molecule has 0 aliphatic rings. The lowest BCUT2D eigenvalue weighted by Gasteiger charge is -2.09. The summed E-state index contributed by atoms with van der Waals surface area (Å²) >= 11 is 6.10. The van der Waals surface area contributed by atoms with Gasteiger partial charge in [0.1, 0.15) is 11.5 Å². The Kier molecular flexibility index (Phi) is 4.39. The number of nitrogens with zero attached hydrogens (tertiary/aromatic N) is 2. The van der Waals surface area contributed by atoms with Crippen LogP contribution < -0.4 is 15.8 Å². The standard InChI is InChI=1S/C17H15ClN4O2/c1-22-8-7-16(21-22)20-17(23)11-3-2-4-13(9-11)24-15-6-5-12(19)10-14(15)18/h2-10H,19H2,1H3,(H,20,21,23). The molecule has 24 heavy (non-hydrogen) atoms. The summed E-state index contributed by atoms with van der Waals surface area (Å²) < 4.78 is 7.33. The number of carbonyl (C=O) groups excluding carboxylic acids is 1. The van der Waals surface area contributed by atoms with E-state index in [1.54, 1.807) is 66.5 Å². The van der Waals surface area contributed by atoms with Crippen molar-refractivity contribution in [3.05, 3.63) is 65.3 Å². The van der Waals surface area contributed by atoms with Crippen molar-refractivity contribution in [1.29, 1.82) is 0 Å². The highest BCUT2D eigenvalue weighted by Crippen LogP contribution is 2.31. The van der Waals surface area contributed by atoms with E-state index >= 15 is 0 Å². The van der Waals surface area contributed by atoms with Crippen LogP contribution in [-0.2, 0) is 7.05 Å². The molecule has 3 aromatic rings. The number of anilines is 2. The zero-order valence-corrected chi connectivity index (χ0v) is 13.6. The molecule has 0 unspecified atom stereocenters. The molecule has 3 rings (SSSR count). The lowest BCUT2D eigenvalue weighted by Crippen LogP contribution is -2.12. The van der Waals surface area contributed by atoms with E-state index in [1.807, 2.05) is 0 Å². The Labute approximate surface area is 143 Å². The normalized spacial score (nSPS) is 10.4. The van der Waals surface area contributed by atoms with Crippen molar-refractivity contribution in [2.75, 3.05) is 11.1 Å². The van der Waals surface area contributed by atoms with Crippen molar-refractivity contribution in [1.82, 2.24) is 9.78 Å². The first-order valence-electron chi connectivity index (χ1n) is 7.15. The van der Waals surface area contributed by atoms with Gasteiger partial charge in [-0.3, -0.25) is 9.48 Å². The predicted octanol–water partition coefficient (Wildman–Crippen LogP) is 3.70. The van der Waals surface area contributed by atoms with Crippen LogP contribution in [0, 0.1) is 0 Å². The molecule has 0 saturated heterocycles. The van der Waals surface area contributed by atoms with Gasteiger partial charge in [-0.25, -0.2) is 0 Å². The van der Waals surface area contributed by atoms with Crippen LogP contribution in [0.4, 0.5) is 11.5 Å². The van der Waals surface area contributed by atoms with Crippen molar-refractivity contribution in [3.8, 4) is 11.5 Å². The molecule has 1 aromatic heterocycles. The number of hydrogen-bond acceptors (Lipinski definition) is 4. The first kappa shape index (κ1) is 15.9. The lowest BCUT2D eigenvalue weighted by molar-refractivity contribution is 0.102. The summed E-state index contributed by atoms with van der Waals surface area (Å²) in [6.45, 7) is 0. The maximum atomic E-state index is 12.3. The van der Waals surface area contributed by atoms with Gasteiger partial charge in [-0.2, -0.15) is 5.10 Å². The maximum Gasteiger partial charge on any atom is 0.256 e. The van der Waals surface area contributed by atoms with Crippen LogP contribution in [0.25, 0.3) is 0 Å². The van der Waals surface area contributed by atoms with Gasteiger partial charge in [0.05, 0.1) is 5.02 Å². The number of aromatic nitrogens is 2. The van der Waals surface area contributed by atoms with E-state index < -0.39 is 0 Å². The quantitative estimate of drug-likeness (QED) is 0.708. The Morgan fingerprint density at radius 2 is 2.08 bits per heavy atom. The molecule has 1 amide bonds. The minimum Gasteiger partial charge on any atom is -0.456 e. The van der Waals surface area contributed by atoms with E-state index in [0.717, 1.165) is 0 Å². The topological polar surface area (TPSA) is 82.2 Å². The van der Waals surface area contributed by atoms with E-state index in [9.17, 15) is 4.79 Å². The minimum absolute atomic E-state index is 0.275. The number of nitrogens with two attached hydrogens (primary N) is 1. The summed E-state index contributed by atoms with van der Waals surface area (Å²) in [7, 11) is 1.78. The largest absolute Gasteiger partial charge is 0.456 e. The van der Waals surface area contributed by atoms with Gasteiger partial charge in [-0.05, 0) is 36.4 Å². The summed E-state index contributed by atoms with van der Waals surface area (Å²) in [6, 6.07) is 13.5. The molecule has 0 aliphatic carbocycles. The molecule has 2 aromatic carbocycles. The zero-order chi connectivity index (χ0) is 17.1. The Hall–Kier alpha value is -2.99. The number of carbonyl (C=O) groups is 1. The van der Waals surface area contributed by atoms with Crippen molar-refractivity contribution < 1.29 is 9.53 Å². The van der Waals surface area contributed by atoms with Gasteiger partial charge in [-0.1, -0.05) is 17.7 Å². The maximum absolute atomic E-state index is 12.3. The van der Waals surface area contributed by atoms with E-state index in [4.69, 9.17) is 22.1 Å². The second-order valence-electron chi connectivity index (χ2n) is 5.15. The third-order valence-corrected chi connectivity index (χ3v) is 3.53. The van der Waals surface area contributed by atoms with Crippen molar-refractivity contribution >= 4 is 29.0 Å². The lowest BCUT2D eigenvalue weighted by atomic mass is 10.2. The Morgan fingerprint density at radius 3 is 2.79 bits per heavy atom. The van der Waals surface area contributed by atoms with Gasteiger partial charge >= 0.3 is 0 Å². The molecule has 0 fully saturated rings. The highest BCUT2D eigenvalue weighted by Gasteiger charge is 2.10. The summed E-state index contributed by atoms with van der Waals surface area (Å²) in [5.41, 5.74) is 6.66. The number of aryl methyl sites for hydroxylation is 1. The van der Waals surface area contributed by atoms with Crippen LogP contribution in [0.3, 0.4) is 0 Å².